The van der Waals surface area contributed by atoms with Crippen molar-refractivity contribution >= 4 is 33.7 Å². The number of amides is 3. The molecule has 3 unspecified atom stereocenters. The van der Waals surface area contributed by atoms with Gasteiger partial charge in [0, 0.05) is 44.2 Å². The molecule has 8 nitrogen and oxygen atoms in total. The first-order chi connectivity index (χ1) is 18.8. The van der Waals surface area contributed by atoms with Crippen molar-refractivity contribution in [3.63, 3.8) is 0 Å². The minimum Gasteiger partial charge on any atom is -0.396 e. The van der Waals surface area contributed by atoms with Crippen molar-refractivity contribution in [2.24, 2.45) is 11.8 Å². The zero-order valence-corrected chi connectivity index (χ0v) is 25.4. The van der Waals surface area contributed by atoms with Gasteiger partial charge in [-0.05, 0) is 32.1 Å². The van der Waals surface area contributed by atoms with E-state index < -0.39 is 29.6 Å². The highest BCUT2D eigenvalue weighted by molar-refractivity contribution is 9.09. The highest BCUT2D eigenvalue weighted by Crippen LogP contribution is 2.60. The van der Waals surface area contributed by atoms with Crippen molar-refractivity contribution in [3.05, 3.63) is 25.3 Å². The molecular formula is C30H48BrN3O5. The Morgan fingerprint density at radius 1 is 1.03 bits per heavy atom. The molecule has 0 saturated carbocycles. The van der Waals surface area contributed by atoms with Crippen LogP contribution >= 0.6 is 15.9 Å². The maximum Gasteiger partial charge on any atom is 0.248 e. The summed E-state index contributed by atoms with van der Waals surface area (Å²) in [6, 6.07) is -0.767. The molecule has 6 atom stereocenters. The van der Waals surface area contributed by atoms with Gasteiger partial charge < -0.3 is 24.5 Å². The number of hydrogen-bond acceptors (Lipinski definition) is 5. The first-order valence-electron chi connectivity index (χ1n) is 14.8. The van der Waals surface area contributed by atoms with Crippen LogP contribution in [-0.4, -0.2) is 99.4 Å². The first kappa shape index (κ1) is 31.8. The number of aliphatic hydroxyl groups excluding tert-OH is 1. The highest BCUT2D eigenvalue weighted by Gasteiger charge is 2.76. The average molecular weight is 611 g/mol. The lowest BCUT2D eigenvalue weighted by Crippen LogP contribution is -2.57. The van der Waals surface area contributed by atoms with E-state index in [1.165, 1.54) is 0 Å². The predicted molar refractivity (Wildman–Crippen MR) is 156 cm³/mol. The van der Waals surface area contributed by atoms with Gasteiger partial charge in [-0.3, -0.25) is 14.4 Å². The number of likely N-dealkylation sites (tertiary alicyclic amines) is 1. The number of fused-ring (bicyclic) bond motifs is 1. The van der Waals surface area contributed by atoms with Crippen molar-refractivity contribution in [1.29, 1.82) is 0 Å². The zero-order valence-electron chi connectivity index (χ0n) is 23.9. The average Bonchev–Trinajstić information content (AvgIpc) is 3.50. The molecule has 3 amide bonds. The van der Waals surface area contributed by atoms with Crippen LogP contribution < -0.4 is 0 Å². The molecule has 1 spiro atoms. The van der Waals surface area contributed by atoms with E-state index >= 15 is 0 Å². The molecular weight excluding hydrogens is 562 g/mol. The Morgan fingerprint density at radius 3 is 2.31 bits per heavy atom. The number of halogens is 1. The van der Waals surface area contributed by atoms with Gasteiger partial charge >= 0.3 is 0 Å². The standard InChI is InChI=1S/C30H48BrN3O5/c1-5-9-12-18-33(17-8-4)29(38)26-30-21-22(31)25(39-30)23(27(36)32(15-6-2)16-7-3)24(30)28(37)34(26)19-13-10-11-14-20-35/h6,8,22-26,35H,2,4-5,7,9-21H2,1,3H3/t22?,23-,24+,25-,26?,30?/m1/s1. The minimum atomic E-state index is -1.03. The Morgan fingerprint density at radius 2 is 1.69 bits per heavy atom. The summed E-state index contributed by atoms with van der Waals surface area (Å²) in [7, 11) is 0. The van der Waals surface area contributed by atoms with Crippen molar-refractivity contribution < 1.29 is 24.2 Å². The van der Waals surface area contributed by atoms with Crippen molar-refractivity contribution in [2.75, 3.05) is 39.3 Å². The van der Waals surface area contributed by atoms with Gasteiger partial charge in [-0.25, -0.2) is 0 Å². The summed E-state index contributed by atoms with van der Waals surface area (Å²) in [5, 5.41) is 9.16. The molecule has 0 aromatic heterocycles. The molecule has 3 saturated heterocycles. The molecule has 3 rings (SSSR count). The number of unbranched alkanes of at least 4 members (excludes halogenated alkanes) is 5. The van der Waals surface area contributed by atoms with E-state index in [0.717, 1.165) is 51.4 Å². The summed E-state index contributed by atoms with van der Waals surface area (Å²) in [5.41, 5.74) is -1.03. The second-order valence-corrected chi connectivity index (χ2v) is 12.4. The van der Waals surface area contributed by atoms with Crippen LogP contribution in [0.25, 0.3) is 0 Å². The smallest absolute Gasteiger partial charge is 0.248 e. The predicted octanol–water partition coefficient (Wildman–Crippen LogP) is 3.92. The van der Waals surface area contributed by atoms with E-state index in [2.05, 4.69) is 36.0 Å². The van der Waals surface area contributed by atoms with Crippen LogP contribution in [0.5, 0.6) is 0 Å². The SMILES string of the molecule is C=CCN(CCCCC)C(=O)C1N(CCCCCCO)C(=O)[C@@H]2[C@@H](C(=O)N(CC=C)CCC)[C@@H]3OC12CC3Br. The van der Waals surface area contributed by atoms with Gasteiger partial charge in [0.25, 0.3) is 0 Å². The number of ether oxygens (including phenoxy) is 1. The second kappa shape index (κ2) is 14.8. The highest BCUT2D eigenvalue weighted by atomic mass is 79.9. The number of carbonyl (C=O) groups is 3. The lowest BCUT2D eigenvalue weighted by Gasteiger charge is -2.37. The van der Waals surface area contributed by atoms with Crippen molar-refractivity contribution in [3.8, 4) is 0 Å². The topological polar surface area (TPSA) is 90.4 Å². The lowest BCUT2D eigenvalue weighted by molar-refractivity contribution is -0.148. The molecule has 3 fully saturated rings. The number of carbonyl (C=O) groups excluding carboxylic acids is 3. The van der Waals surface area contributed by atoms with Crippen LogP contribution in [0.15, 0.2) is 25.3 Å². The number of alkyl halides is 1. The zero-order chi connectivity index (χ0) is 28.6. The Kier molecular flexibility index (Phi) is 12.1. The van der Waals surface area contributed by atoms with E-state index in [4.69, 9.17) is 9.84 Å². The molecule has 0 aromatic rings. The van der Waals surface area contributed by atoms with Gasteiger partial charge in [-0.2, -0.15) is 0 Å². The summed E-state index contributed by atoms with van der Waals surface area (Å²) < 4.78 is 6.68. The van der Waals surface area contributed by atoms with Gasteiger partial charge in [0.2, 0.25) is 17.7 Å². The molecule has 39 heavy (non-hydrogen) atoms. The summed E-state index contributed by atoms with van der Waals surface area (Å²) in [6.45, 7) is 14.4. The fraction of sp³-hybridized carbons (Fsp3) is 0.767. The quantitative estimate of drug-likeness (QED) is 0.144. The summed E-state index contributed by atoms with van der Waals surface area (Å²) >= 11 is 3.77. The number of rotatable bonds is 18. The molecule has 220 valence electrons. The van der Waals surface area contributed by atoms with E-state index in [1.807, 2.05) is 11.8 Å². The molecule has 9 heteroatoms. The molecule has 0 aliphatic carbocycles. The van der Waals surface area contributed by atoms with Crippen LogP contribution in [0.2, 0.25) is 0 Å². The molecule has 2 bridgehead atoms. The van der Waals surface area contributed by atoms with E-state index in [0.29, 0.717) is 39.1 Å². The van der Waals surface area contributed by atoms with Gasteiger partial charge in [0.15, 0.2) is 0 Å². The van der Waals surface area contributed by atoms with Gasteiger partial charge in [-0.1, -0.05) is 67.6 Å². The maximum absolute atomic E-state index is 14.3. The van der Waals surface area contributed by atoms with E-state index in [-0.39, 0.29) is 29.2 Å². The van der Waals surface area contributed by atoms with Crippen molar-refractivity contribution in [2.45, 2.75) is 94.2 Å². The van der Waals surface area contributed by atoms with Crippen LogP contribution in [-0.2, 0) is 19.1 Å². The monoisotopic (exact) mass is 609 g/mol. The Hall–Kier alpha value is -1.71. The Balaban J connectivity index is 1.98. The van der Waals surface area contributed by atoms with Gasteiger partial charge in [0.1, 0.15) is 11.6 Å². The third kappa shape index (κ3) is 6.46. The molecule has 0 aromatic carbocycles. The lowest BCUT2D eigenvalue weighted by atomic mass is 9.70. The van der Waals surface area contributed by atoms with E-state index in [1.54, 1.807) is 22.0 Å². The number of nitrogens with zero attached hydrogens (tertiary/aromatic N) is 3. The van der Waals surface area contributed by atoms with Crippen molar-refractivity contribution in [1.82, 2.24) is 14.7 Å². The normalized spacial score (nSPS) is 29.0. The second-order valence-electron chi connectivity index (χ2n) is 11.2. The number of aliphatic hydroxyl groups is 1. The molecule has 3 aliphatic heterocycles. The molecule has 1 N–H and O–H groups in total. The molecule has 3 heterocycles. The third-order valence-electron chi connectivity index (χ3n) is 8.46. The van der Waals surface area contributed by atoms with Crippen LogP contribution in [0.3, 0.4) is 0 Å². The van der Waals surface area contributed by atoms with E-state index in [9.17, 15) is 14.4 Å². The fourth-order valence-corrected chi connectivity index (χ4v) is 7.72. The fourth-order valence-electron chi connectivity index (χ4n) is 6.78. The van der Waals surface area contributed by atoms with Gasteiger partial charge in [0.05, 0.1) is 17.9 Å². The number of hydrogen-bond donors (Lipinski definition) is 1. The van der Waals surface area contributed by atoms with Gasteiger partial charge in [-0.15, -0.1) is 13.2 Å². The molecule has 3 aliphatic rings. The Labute approximate surface area is 242 Å². The van der Waals surface area contributed by atoms with Crippen LogP contribution in [0.1, 0.15) is 71.6 Å². The first-order valence-corrected chi connectivity index (χ1v) is 15.8. The largest absolute Gasteiger partial charge is 0.396 e. The summed E-state index contributed by atoms with van der Waals surface area (Å²) in [4.78, 5) is 47.7. The minimum absolute atomic E-state index is 0.0898. The summed E-state index contributed by atoms with van der Waals surface area (Å²) in [5.74, 6) is -1.65. The Bertz CT molecular complexity index is 885. The van der Waals surface area contributed by atoms with Crippen LogP contribution in [0, 0.1) is 11.8 Å². The third-order valence-corrected chi connectivity index (χ3v) is 9.31. The summed E-state index contributed by atoms with van der Waals surface area (Å²) in [6.07, 6.45) is 10.4. The maximum atomic E-state index is 14.3. The molecule has 0 radical (unpaired) electrons. The van der Waals surface area contributed by atoms with Crippen LogP contribution in [0.4, 0.5) is 0 Å².